The fraction of sp³-hybridized carbons (Fsp3) is 0.286. The number of halogens is 3. The van der Waals surface area contributed by atoms with Crippen molar-refractivity contribution in [2.75, 3.05) is 30.3 Å². The molecule has 32 heavy (non-hydrogen) atoms. The van der Waals surface area contributed by atoms with E-state index in [0.717, 1.165) is 35.9 Å². The van der Waals surface area contributed by atoms with Crippen molar-refractivity contribution in [3.63, 3.8) is 0 Å². The van der Waals surface area contributed by atoms with Crippen LogP contribution < -0.4 is 21.4 Å². The van der Waals surface area contributed by atoms with E-state index in [2.05, 4.69) is 10.3 Å². The molecule has 3 aromatic rings. The maximum absolute atomic E-state index is 15.0. The summed E-state index contributed by atoms with van der Waals surface area (Å²) in [6.45, 7) is 3.68. The number of rotatable bonds is 5. The number of nitrogen functional groups attached to an aromatic ring is 1. The first-order chi connectivity index (χ1) is 15.2. The van der Waals surface area contributed by atoms with E-state index >= 15 is 0 Å². The second-order valence-electron chi connectivity index (χ2n) is 7.53. The summed E-state index contributed by atoms with van der Waals surface area (Å²) in [6, 6.07) is 2.53. The molecule has 2 aromatic heterocycles. The van der Waals surface area contributed by atoms with Crippen LogP contribution >= 0.6 is 0 Å². The lowest BCUT2D eigenvalue weighted by atomic mass is 10.1. The van der Waals surface area contributed by atoms with Crippen LogP contribution in [0.4, 0.5) is 24.7 Å². The van der Waals surface area contributed by atoms with Gasteiger partial charge in [0.25, 0.3) is 0 Å². The third kappa shape index (κ3) is 3.64. The lowest BCUT2D eigenvalue weighted by molar-refractivity contribution is 0.0695. The molecule has 0 amide bonds. The molecule has 1 aliphatic heterocycles. The Balaban J connectivity index is 1.98. The van der Waals surface area contributed by atoms with Crippen molar-refractivity contribution in [1.82, 2.24) is 14.9 Å². The number of likely N-dealkylation sites (N-methyl/N-ethyl adjacent to an activating group) is 1. The third-order valence-electron chi connectivity index (χ3n) is 5.45. The number of fused-ring (bicyclic) bond motifs is 1. The Morgan fingerprint density at radius 3 is 2.69 bits per heavy atom. The molecule has 0 aliphatic carbocycles. The maximum Gasteiger partial charge on any atom is 0.341 e. The maximum atomic E-state index is 15.0. The van der Waals surface area contributed by atoms with E-state index in [1.54, 1.807) is 4.90 Å². The summed E-state index contributed by atoms with van der Waals surface area (Å²) in [5.74, 6) is -4.50. The van der Waals surface area contributed by atoms with E-state index in [1.165, 1.54) is 0 Å². The van der Waals surface area contributed by atoms with Gasteiger partial charge in [-0.1, -0.05) is 6.92 Å². The number of hydrogen-bond donors (Lipinski definition) is 3. The molecule has 11 heteroatoms. The smallest absolute Gasteiger partial charge is 0.341 e. The molecule has 1 aliphatic rings. The molecule has 0 radical (unpaired) electrons. The van der Waals surface area contributed by atoms with Crippen LogP contribution in [0.3, 0.4) is 0 Å². The summed E-state index contributed by atoms with van der Waals surface area (Å²) < 4.78 is 44.3. The van der Waals surface area contributed by atoms with E-state index in [0.29, 0.717) is 19.2 Å². The molecular weight excluding hydrogens is 427 g/mol. The number of benzene rings is 1. The zero-order chi connectivity index (χ0) is 23.2. The van der Waals surface area contributed by atoms with Crippen LogP contribution in [0, 0.1) is 17.5 Å². The van der Waals surface area contributed by atoms with Crippen molar-refractivity contribution in [2.24, 2.45) is 0 Å². The molecule has 1 atom stereocenters. The number of carboxylic acids is 1. The fourth-order valence-electron chi connectivity index (χ4n) is 3.92. The summed E-state index contributed by atoms with van der Waals surface area (Å²) in [5, 5.41) is 12.3. The lowest BCUT2D eigenvalue weighted by Crippen LogP contribution is -2.33. The standard InChI is InChI=1S/C21H20F3N5O3/c1-2-26-10-3-4-28(8-10)20-15(24)5-11-18(30)12(21(31)32)9-29(19(11)27-20)17-7-16(25)13(22)6-14(17)23/h5-7,9-10,26H,2-4,8,25H2,1H3,(H,31,32)/t10-/m0/s1. The Morgan fingerprint density at radius 1 is 1.25 bits per heavy atom. The van der Waals surface area contributed by atoms with E-state index in [9.17, 15) is 27.9 Å². The van der Waals surface area contributed by atoms with Crippen LogP contribution in [-0.4, -0.2) is 46.3 Å². The summed E-state index contributed by atoms with van der Waals surface area (Å²) in [5.41, 5.74) is 2.99. The number of nitrogens with one attached hydrogen (secondary N) is 1. The number of hydrogen-bond acceptors (Lipinski definition) is 6. The monoisotopic (exact) mass is 447 g/mol. The molecule has 0 bridgehead atoms. The van der Waals surface area contributed by atoms with Crippen molar-refractivity contribution in [2.45, 2.75) is 19.4 Å². The van der Waals surface area contributed by atoms with Gasteiger partial charge in [0, 0.05) is 31.4 Å². The third-order valence-corrected chi connectivity index (χ3v) is 5.45. The van der Waals surface area contributed by atoms with Crippen molar-refractivity contribution in [1.29, 1.82) is 0 Å². The van der Waals surface area contributed by atoms with E-state index in [-0.39, 0.29) is 34.3 Å². The topological polar surface area (TPSA) is 113 Å². The number of anilines is 2. The fourth-order valence-corrected chi connectivity index (χ4v) is 3.92. The summed E-state index contributed by atoms with van der Waals surface area (Å²) in [7, 11) is 0. The molecular formula is C21H20F3N5O3. The minimum Gasteiger partial charge on any atom is -0.477 e. The van der Waals surface area contributed by atoms with Crippen LogP contribution in [0.15, 0.2) is 29.2 Å². The van der Waals surface area contributed by atoms with Crippen LogP contribution in [-0.2, 0) is 0 Å². The number of carboxylic acid groups (broad SMARTS) is 1. The molecule has 0 spiro atoms. The molecule has 0 saturated carbocycles. The lowest BCUT2D eigenvalue weighted by Gasteiger charge is -2.20. The van der Waals surface area contributed by atoms with Crippen LogP contribution in [0.1, 0.15) is 23.7 Å². The quantitative estimate of drug-likeness (QED) is 0.514. The first kappa shape index (κ1) is 21.6. The highest BCUT2D eigenvalue weighted by molar-refractivity contribution is 5.92. The highest BCUT2D eigenvalue weighted by Crippen LogP contribution is 2.28. The van der Waals surface area contributed by atoms with Gasteiger partial charge in [-0.3, -0.25) is 9.36 Å². The zero-order valence-electron chi connectivity index (χ0n) is 17.0. The van der Waals surface area contributed by atoms with Crippen molar-refractivity contribution in [3.05, 3.63) is 57.6 Å². The Hall–Kier alpha value is -3.60. The average molecular weight is 447 g/mol. The van der Waals surface area contributed by atoms with E-state index in [4.69, 9.17) is 5.73 Å². The van der Waals surface area contributed by atoms with Gasteiger partial charge in [0.05, 0.1) is 16.8 Å². The van der Waals surface area contributed by atoms with E-state index < -0.39 is 34.4 Å². The number of carbonyl (C=O) groups is 1. The van der Waals surface area contributed by atoms with Crippen LogP contribution in [0.5, 0.6) is 0 Å². The minimum absolute atomic E-state index is 0.0513. The predicted molar refractivity (Wildman–Crippen MR) is 113 cm³/mol. The minimum atomic E-state index is -1.58. The van der Waals surface area contributed by atoms with Crippen molar-refractivity contribution in [3.8, 4) is 5.69 Å². The molecule has 0 unspecified atom stereocenters. The molecule has 3 heterocycles. The summed E-state index contributed by atoms with van der Waals surface area (Å²) in [6.07, 6.45) is 1.63. The number of nitrogens with two attached hydrogens (primary N) is 1. The van der Waals surface area contributed by atoms with Crippen LogP contribution in [0.25, 0.3) is 16.7 Å². The molecule has 1 fully saturated rings. The van der Waals surface area contributed by atoms with E-state index in [1.807, 2.05) is 6.92 Å². The van der Waals surface area contributed by atoms with Crippen molar-refractivity contribution >= 4 is 28.5 Å². The van der Waals surface area contributed by atoms with Gasteiger partial charge >= 0.3 is 5.97 Å². The van der Waals surface area contributed by atoms with Gasteiger partial charge < -0.3 is 21.1 Å². The number of pyridine rings is 2. The highest BCUT2D eigenvalue weighted by atomic mass is 19.1. The molecule has 8 nitrogen and oxygen atoms in total. The second kappa shape index (κ2) is 8.15. The molecule has 1 aromatic carbocycles. The Morgan fingerprint density at radius 2 is 2.00 bits per heavy atom. The van der Waals surface area contributed by atoms with Gasteiger partial charge in [-0.2, -0.15) is 0 Å². The summed E-state index contributed by atoms with van der Waals surface area (Å²) >= 11 is 0. The Bertz CT molecular complexity index is 1290. The SMILES string of the molecule is CCN[C@H]1CCN(c2nc3c(cc2F)c(=O)c(C(=O)O)cn3-c2cc(N)c(F)cc2F)C1. The number of aromatic carboxylic acids is 1. The first-order valence-electron chi connectivity index (χ1n) is 9.93. The molecule has 4 rings (SSSR count). The predicted octanol–water partition coefficient (Wildman–Crippen LogP) is 2.27. The largest absolute Gasteiger partial charge is 0.477 e. The van der Waals surface area contributed by atoms with Gasteiger partial charge in [-0.05, 0) is 25.1 Å². The Labute approximate surface area is 180 Å². The molecule has 168 valence electrons. The Kier molecular flexibility index (Phi) is 5.51. The second-order valence-corrected chi connectivity index (χ2v) is 7.53. The normalized spacial score (nSPS) is 16.1. The van der Waals surface area contributed by atoms with Gasteiger partial charge in [-0.25, -0.2) is 22.9 Å². The van der Waals surface area contributed by atoms with Gasteiger partial charge in [0.2, 0.25) is 5.43 Å². The van der Waals surface area contributed by atoms with Gasteiger partial charge in [0.15, 0.2) is 17.3 Å². The van der Waals surface area contributed by atoms with Gasteiger partial charge in [-0.15, -0.1) is 0 Å². The molecule has 1 saturated heterocycles. The highest BCUT2D eigenvalue weighted by Gasteiger charge is 2.27. The van der Waals surface area contributed by atoms with Crippen LogP contribution in [0.2, 0.25) is 0 Å². The zero-order valence-corrected chi connectivity index (χ0v) is 17.0. The first-order valence-corrected chi connectivity index (χ1v) is 9.93. The summed E-state index contributed by atoms with van der Waals surface area (Å²) in [4.78, 5) is 30.2. The van der Waals surface area contributed by atoms with Gasteiger partial charge in [0.1, 0.15) is 17.2 Å². The number of aromatic nitrogens is 2. The molecule has 4 N–H and O–H groups in total. The average Bonchev–Trinajstić information content (AvgIpc) is 3.19. The van der Waals surface area contributed by atoms with Crippen molar-refractivity contribution < 1.29 is 23.1 Å². The number of nitrogens with zero attached hydrogens (tertiary/aromatic N) is 3.